The molecule has 2 aliphatic carbocycles. The van der Waals surface area contributed by atoms with E-state index in [2.05, 4.69) is 13.8 Å². The van der Waals surface area contributed by atoms with Crippen LogP contribution in [0, 0.1) is 31.1 Å². The summed E-state index contributed by atoms with van der Waals surface area (Å²) in [5.41, 5.74) is 1.69. The van der Waals surface area contributed by atoms with Gasteiger partial charge in [-0.05, 0) is 56.9 Å². The van der Waals surface area contributed by atoms with Gasteiger partial charge in [0.25, 0.3) is 20.2 Å². The predicted octanol–water partition coefficient (Wildman–Crippen LogP) is 4.35. The molecule has 8 nitrogen and oxygen atoms in total. The first-order chi connectivity index (χ1) is 17.3. The number of hydrogen-bond acceptors (Lipinski definition) is 8. The second-order valence-electron chi connectivity index (χ2n) is 11.3. The summed E-state index contributed by atoms with van der Waals surface area (Å²) in [6, 6.07) is 12.7. The van der Waals surface area contributed by atoms with Crippen molar-refractivity contribution in [2.75, 3.05) is 13.2 Å². The molecule has 202 valence electrons. The van der Waals surface area contributed by atoms with Crippen molar-refractivity contribution in [1.29, 1.82) is 0 Å². The van der Waals surface area contributed by atoms with Crippen LogP contribution in [-0.4, -0.2) is 48.0 Å². The van der Waals surface area contributed by atoms with Crippen molar-refractivity contribution in [2.45, 2.75) is 74.7 Å². The third kappa shape index (κ3) is 5.24. The fourth-order valence-corrected chi connectivity index (χ4v) is 7.86. The number of hydrogen-bond donors (Lipinski definition) is 0. The van der Waals surface area contributed by atoms with Crippen LogP contribution < -0.4 is 0 Å². The highest BCUT2D eigenvalue weighted by molar-refractivity contribution is 7.87. The van der Waals surface area contributed by atoms with Crippen molar-refractivity contribution in [2.24, 2.45) is 17.3 Å². The molecule has 0 N–H and O–H groups in total. The highest BCUT2D eigenvalue weighted by Gasteiger charge is 2.62. The summed E-state index contributed by atoms with van der Waals surface area (Å²) in [7, 11) is -8.34. The fraction of sp³-hybridized carbons (Fsp3) is 0.556. The van der Waals surface area contributed by atoms with Crippen LogP contribution in [0.5, 0.6) is 0 Å². The molecule has 2 aromatic rings. The van der Waals surface area contributed by atoms with Gasteiger partial charge < -0.3 is 9.47 Å². The molecule has 1 spiro atoms. The van der Waals surface area contributed by atoms with Crippen LogP contribution in [-0.2, 0) is 38.1 Å². The average Bonchev–Trinajstić information content (AvgIpc) is 3.34. The third-order valence-corrected chi connectivity index (χ3v) is 10.4. The van der Waals surface area contributed by atoms with Crippen molar-refractivity contribution in [3.63, 3.8) is 0 Å². The lowest BCUT2D eigenvalue weighted by atomic mass is 9.91. The van der Waals surface area contributed by atoms with Crippen LogP contribution in [0.25, 0.3) is 0 Å². The summed E-state index contributed by atoms with van der Waals surface area (Å²) in [5.74, 6) is -1.47. The summed E-state index contributed by atoms with van der Waals surface area (Å²) in [4.78, 5) is 0.0262. The van der Waals surface area contributed by atoms with Gasteiger partial charge in [-0.15, -0.1) is 0 Å². The van der Waals surface area contributed by atoms with Gasteiger partial charge >= 0.3 is 0 Å². The molecule has 1 heterocycles. The van der Waals surface area contributed by atoms with Crippen molar-refractivity contribution in [3.05, 3.63) is 59.7 Å². The molecule has 5 rings (SSSR count). The quantitative estimate of drug-likeness (QED) is 0.489. The van der Waals surface area contributed by atoms with Gasteiger partial charge in [0.1, 0.15) is 12.2 Å². The summed E-state index contributed by atoms with van der Waals surface area (Å²) >= 11 is 0. The summed E-state index contributed by atoms with van der Waals surface area (Å²) in [6.45, 7) is 8.83. The van der Waals surface area contributed by atoms with Crippen molar-refractivity contribution in [1.82, 2.24) is 0 Å². The van der Waals surface area contributed by atoms with E-state index in [1.54, 1.807) is 24.3 Å². The van der Waals surface area contributed by atoms with Gasteiger partial charge in [0, 0.05) is 17.8 Å². The molecule has 4 atom stereocenters. The number of ether oxygens (including phenoxy) is 2. The monoisotopic (exact) mass is 550 g/mol. The van der Waals surface area contributed by atoms with E-state index >= 15 is 0 Å². The molecule has 37 heavy (non-hydrogen) atoms. The second kappa shape index (κ2) is 9.43. The zero-order valence-corrected chi connectivity index (χ0v) is 23.2. The standard InChI is InChI=1S/C27H34O8S2/c1-18-5-9-20(10-6-18)36(28,29)34-24-15-23-22(13-14-27(23)32-16-26(3,4)17-33-27)25(24)35-37(30,31)21-11-7-19(2)8-12-21/h5-12,22-25H,13-17H2,1-4H3/t22-,23-,24+,25+/m0/s1. The SMILES string of the molecule is Cc1ccc(S(=O)(=O)O[C@@H]2[C@H]3CCC4(OCC(C)(C)CO4)[C@H]3C[C@H]2OS(=O)(=O)c2ccc(C)cc2)cc1. The molecule has 0 amide bonds. The Kier molecular flexibility index (Phi) is 6.82. The summed E-state index contributed by atoms with van der Waals surface area (Å²) in [5, 5.41) is 0. The van der Waals surface area contributed by atoms with E-state index in [4.69, 9.17) is 17.8 Å². The van der Waals surface area contributed by atoms with Crippen LogP contribution in [0.4, 0.5) is 0 Å². The molecule has 0 bridgehead atoms. The maximum Gasteiger partial charge on any atom is 0.297 e. The van der Waals surface area contributed by atoms with Gasteiger partial charge in [0.2, 0.25) is 0 Å². The highest BCUT2D eigenvalue weighted by Crippen LogP contribution is 2.56. The third-order valence-electron chi connectivity index (χ3n) is 7.70. The van der Waals surface area contributed by atoms with Gasteiger partial charge in [0.05, 0.1) is 23.0 Å². The molecular weight excluding hydrogens is 516 g/mol. The smallest absolute Gasteiger partial charge is 0.297 e. The molecule has 2 saturated carbocycles. The Morgan fingerprint density at radius 3 is 1.78 bits per heavy atom. The van der Waals surface area contributed by atoms with E-state index in [0.29, 0.717) is 26.1 Å². The molecule has 0 unspecified atom stereocenters. The molecule has 0 aromatic heterocycles. The first kappa shape index (κ1) is 26.8. The zero-order chi connectivity index (χ0) is 26.6. The molecule has 10 heteroatoms. The zero-order valence-electron chi connectivity index (χ0n) is 21.5. The van der Waals surface area contributed by atoms with Gasteiger partial charge in [-0.1, -0.05) is 49.2 Å². The van der Waals surface area contributed by atoms with Gasteiger partial charge in [0.15, 0.2) is 5.79 Å². The van der Waals surface area contributed by atoms with Gasteiger partial charge in [-0.2, -0.15) is 16.8 Å². The van der Waals surface area contributed by atoms with E-state index in [1.807, 2.05) is 13.8 Å². The van der Waals surface area contributed by atoms with Crippen LogP contribution in [0.1, 0.15) is 44.2 Å². The lowest BCUT2D eigenvalue weighted by Crippen LogP contribution is -2.50. The summed E-state index contributed by atoms with van der Waals surface area (Å²) < 4.78 is 77.0. The average molecular weight is 551 g/mol. The number of fused-ring (bicyclic) bond motifs is 2. The summed E-state index contributed by atoms with van der Waals surface area (Å²) in [6.07, 6.45) is -0.618. The Labute approximate surface area is 219 Å². The minimum Gasteiger partial charge on any atom is -0.349 e. The van der Waals surface area contributed by atoms with E-state index in [-0.39, 0.29) is 33.5 Å². The van der Waals surface area contributed by atoms with Crippen molar-refractivity contribution >= 4 is 20.2 Å². The van der Waals surface area contributed by atoms with Gasteiger partial charge in [-0.3, -0.25) is 8.37 Å². The van der Waals surface area contributed by atoms with E-state index in [9.17, 15) is 16.8 Å². The van der Waals surface area contributed by atoms with Crippen molar-refractivity contribution in [3.8, 4) is 0 Å². The number of benzene rings is 2. The Hall–Kier alpha value is -1.82. The largest absolute Gasteiger partial charge is 0.349 e. The lowest BCUT2D eigenvalue weighted by Gasteiger charge is -2.44. The molecule has 1 aliphatic heterocycles. The minimum atomic E-state index is -4.18. The Morgan fingerprint density at radius 2 is 1.27 bits per heavy atom. The maximum atomic E-state index is 13.3. The first-order valence-electron chi connectivity index (χ1n) is 12.6. The molecule has 3 fully saturated rings. The number of rotatable bonds is 6. The minimum absolute atomic E-state index is 0.0110. The highest BCUT2D eigenvalue weighted by atomic mass is 32.2. The Morgan fingerprint density at radius 1 is 0.784 bits per heavy atom. The molecule has 3 aliphatic rings. The molecule has 2 aromatic carbocycles. The van der Waals surface area contributed by atoms with E-state index < -0.39 is 38.2 Å². The van der Waals surface area contributed by atoms with Crippen molar-refractivity contribution < 1.29 is 34.7 Å². The molecule has 0 radical (unpaired) electrons. The predicted molar refractivity (Wildman–Crippen MR) is 136 cm³/mol. The van der Waals surface area contributed by atoms with Gasteiger partial charge in [-0.25, -0.2) is 0 Å². The normalized spacial score (nSPS) is 28.9. The maximum absolute atomic E-state index is 13.3. The van der Waals surface area contributed by atoms with Crippen LogP contribution in [0.15, 0.2) is 58.3 Å². The Balaban J connectivity index is 1.46. The van der Waals surface area contributed by atoms with E-state index in [0.717, 1.165) is 11.1 Å². The lowest BCUT2D eigenvalue weighted by molar-refractivity contribution is -0.315. The molecule has 1 saturated heterocycles. The van der Waals surface area contributed by atoms with Crippen LogP contribution in [0.3, 0.4) is 0 Å². The topological polar surface area (TPSA) is 105 Å². The first-order valence-corrected chi connectivity index (χ1v) is 15.4. The fourth-order valence-electron chi connectivity index (χ4n) is 5.62. The van der Waals surface area contributed by atoms with Crippen LogP contribution >= 0.6 is 0 Å². The van der Waals surface area contributed by atoms with E-state index in [1.165, 1.54) is 24.3 Å². The Bertz CT molecular complexity index is 1340. The van der Waals surface area contributed by atoms with Crippen LogP contribution in [0.2, 0.25) is 0 Å². The molecular formula is C27H34O8S2. The second-order valence-corrected chi connectivity index (χ2v) is 14.5. The number of aryl methyl sites for hydroxylation is 2.